The first-order chi connectivity index (χ1) is 8.13. The Morgan fingerprint density at radius 1 is 1.11 bits per heavy atom. The second kappa shape index (κ2) is 6.82. The fourth-order valence-electron chi connectivity index (χ4n) is 1.15. The molecule has 0 saturated heterocycles. The minimum atomic E-state index is 0. The van der Waals surface area contributed by atoms with E-state index in [2.05, 4.69) is 15.0 Å². The van der Waals surface area contributed by atoms with Crippen LogP contribution in [0.1, 0.15) is 5.56 Å². The molecule has 0 spiro atoms. The van der Waals surface area contributed by atoms with Crippen LogP contribution in [0.25, 0.3) is 0 Å². The van der Waals surface area contributed by atoms with E-state index in [-0.39, 0.29) is 33.6 Å². The van der Waals surface area contributed by atoms with Crippen molar-refractivity contribution in [2.75, 3.05) is 0 Å². The van der Waals surface area contributed by atoms with Crippen molar-refractivity contribution in [3.8, 4) is 6.01 Å². The quantitative estimate of drug-likeness (QED) is 0.794. The first-order valence-corrected chi connectivity index (χ1v) is 5.53. The number of hydrogen-bond acceptors (Lipinski definition) is 4. The highest BCUT2D eigenvalue weighted by Crippen LogP contribution is 2.12. The molecule has 2 heterocycles. The van der Waals surface area contributed by atoms with E-state index in [9.17, 15) is 0 Å². The maximum absolute atomic E-state index is 5.62. The molecule has 0 radical (unpaired) electrons. The molecule has 0 fully saturated rings. The highest BCUT2D eigenvalue weighted by molar-refractivity contribution is 8.93. The molecule has 5 nitrogen and oxygen atoms in total. The second-order valence-electron chi connectivity index (χ2n) is 3.32. The second-order valence-corrected chi connectivity index (χ2v) is 3.99. The van der Waals surface area contributed by atoms with Gasteiger partial charge in [-0.15, -0.1) is 17.0 Å². The van der Waals surface area contributed by atoms with E-state index in [4.69, 9.17) is 27.9 Å². The molecule has 0 atom stereocenters. The zero-order valence-corrected chi connectivity index (χ0v) is 12.6. The lowest BCUT2D eigenvalue weighted by Crippen LogP contribution is -2.26. The summed E-state index contributed by atoms with van der Waals surface area (Å²) < 4.78 is 7.28. The van der Waals surface area contributed by atoms with Gasteiger partial charge in [-0.2, -0.15) is 15.0 Å². The van der Waals surface area contributed by atoms with Crippen LogP contribution in [0.3, 0.4) is 0 Å². The Morgan fingerprint density at radius 3 is 2.22 bits per heavy atom. The Hall–Kier alpha value is -0.980. The van der Waals surface area contributed by atoms with E-state index in [1.807, 2.05) is 36.1 Å². The lowest BCUT2D eigenvalue weighted by atomic mass is 10.3. The molecule has 18 heavy (non-hydrogen) atoms. The van der Waals surface area contributed by atoms with Crippen LogP contribution in [-0.2, 0) is 13.7 Å². The van der Waals surface area contributed by atoms with Crippen molar-refractivity contribution >= 4 is 40.2 Å². The third-order valence-electron chi connectivity index (χ3n) is 1.98. The fourth-order valence-corrected chi connectivity index (χ4v) is 1.50. The summed E-state index contributed by atoms with van der Waals surface area (Å²) >= 11 is 11.2. The van der Waals surface area contributed by atoms with Gasteiger partial charge in [-0.25, -0.2) is 4.57 Å². The third kappa shape index (κ3) is 4.36. The first-order valence-electron chi connectivity index (χ1n) is 4.77. The third-order valence-corrected chi connectivity index (χ3v) is 2.31. The standard InChI is InChI=1S/C10H9Cl2N4O.BrH/c1-16-4-2-7(3-5-16)6-17-10-14-8(11)13-9(12)15-10;/h2-5H,6H2,1H3;1H/q+1;. The lowest BCUT2D eigenvalue weighted by Gasteiger charge is -2.03. The number of nitrogens with zero attached hydrogens (tertiary/aromatic N) is 4. The molecule has 2 rings (SSSR count). The van der Waals surface area contributed by atoms with Gasteiger partial charge in [0.05, 0.1) is 0 Å². The van der Waals surface area contributed by atoms with Crippen LogP contribution >= 0.6 is 40.2 Å². The molecule has 96 valence electrons. The summed E-state index contributed by atoms with van der Waals surface area (Å²) in [5, 5.41) is 0.0268. The molecule has 0 bridgehead atoms. The Kier molecular flexibility index (Phi) is 5.71. The van der Waals surface area contributed by atoms with E-state index in [0.29, 0.717) is 6.61 Å². The Balaban J connectivity index is 0.00000162. The van der Waals surface area contributed by atoms with Crippen molar-refractivity contribution in [1.82, 2.24) is 15.0 Å². The van der Waals surface area contributed by atoms with E-state index in [0.717, 1.165) is 5.56 Å². The van der Waals surface area contributed by atoms with Crippen LogP contribution in [0.2, 0.25) is 10.6 Å². The monoisotopic (exact) mass is 351 g/mol. The number of aryl methyl sites for hydroxylation is 1. The van der Waals surface area contributed by atoms with Crippen LogP contribution in [-0.4, -0.2) is 15.0 Å². The van der Waals surface area contributed by atoms with Crippen LogP contribution in [0.15, 0.2) is 24.5 Å². The van der Waals surface area contributed by atoms with Crippen LogP contribution in [0.4, 0.5) is 0 Å². The number of ether oxygens (including phenoxy) is 1. The summed E-state index contributed by atoms with van der Waals surface area (Å²) in [4.78, 5) is 11.2. The lowest BCUT2D eigenvalue weighted by molar-refractivity contribution is -0.671. The number of hydrogen-bond donors (Lipinski definition) is 0. The number of pyridine rings is 1. The number of aromatic nitrogens is 4. The van der Waals surface area contributed by atoms with Crippen molar-refractivity contribution in [3.63, 3.8) is 0 Å². The summed E-state index contributed by atoms with van der Waals surface area (Å²) in [6.45, 7) is 0.345. The molecule has 0 aliphatic rings. The fraction of sp³-hybridized carbons (Fsp3) is 0.200. The van der Waals surface area contributed by atoms with Gasteiger partial charge in [0.15, 0.2) is 12.4 Å². The highest BCUT2D eigenvalue weighted by atomic mass is 79.9. The summed E-state index contributed by atoms with van der Waals surface area (Å²) in [5.41, 5.74) is 0.996. The molecule has 8 heteroatoms. The molecule has 0 N–H and O–H groups in total. The molecule has 0 aromatic carbocycles. The highest BCUT2D eigenvalue weighted by Gasteiger charge is 2.05. The first kappa shape index (κ1) is 15.1. The minimum Gasteiger partial charge on any atom is -0.458 e. The summed E-state index contributed by atoms with van der Waals surface area (Å²) in [7, 11) is 1.94. The van der Waals surface area contributed by atoms with Gasteiger partial charge < -0.3 is 4.74 Å². The molecule has 0 aliphatic heterocycles. The molecular weight excluding hydrogens is 343 g/mol. The largest absolute Gasteiger partial charge is 0.458 e. The van der Waals surface area contributed by atoms with Gasteiger partial charge in [0.25, 0.3) is 0 Å². The zero-order chi connectivity index (χ0) is 12.3. The van der Waals surface area contributed by atoms with E-state index in [1.54, 1.807) is 0 Å². The van der Waals surface area contributed by atoms with Crippen LogP contribution < -0.4 is 9.30 Å². The molecule has 2 aromatic rings. The van der Waals surface area contributed by atoms with Crippen molar-refractivity contribution in [2.45, 2.75) is 6.61 Å². The predicted octanol–water partition coefficient (Wildman–Crippen LogP) is 2.16. The van der Waals surface area contributed by atoms with Crippen LogP contribution in [0, 0.1) is 0 Å². The SMILES string of the molecule is Br.C[n+]1ccc(COc2nc(Cl)nc(Cl)n2)cc1. The molecule has 0 saturated carbocycles. The van der Waals surface area contributed by atoms with Gasteiger partial charge in [-0.05, 0) is 23.2 Å². The van der Waals surface area contributed by atoms with Gasteiger partial charge in [-0.1, -0.05) is 0 Å². The van der Waals surface area contributed by atoms with Crippen molar-refractivity contribution in [3.05, 3.63) is 40.7 Å². The normalized spacial score (nSPS) is 9.72. The predicted molar refractivity (Wildman–Crippen MR) is 72.1 cm³/mol. The van der Waals surface area contributed by atoms with Gasteiger partial charge in [0.1, 0.15) is 13.7 Å². The molecule has 0 unspecified atom stereocenters. The van der Waals surface area contributed by atoms with E-state index < -0.39 is 0 Å². The smallest absolute Gasteiger partial charge is 0.322 e. The van der Waals surface area contributed by atoms with E-state index >= 15 is 0 Å². The summed E-state index contributed by atoms with van der Waals surface area (Å²) in [6, 6.07) is 3.98. The van der Waals surface area contributed by atoms with Gasteiger partial charge in [0, 0.05) is 17.7 Å². The molecule has 0 aliphatic carbocycles. The number of halogens is 3. The minimum absolute atomic E-state index is 0. The number of rotatable bonds is 3. The van der Waals surface area contributed by atoms with Crippen LogP contribution in [0.5, 0.6) is 6.01 Å². The Morgan fingerprint density at radius 2 is 1.67 bits per heavy atom. The topological polar surface area (TPSA) is 51.8 Å². The molecular formula is C10H10BrCl2N4O+. The average molecular weight is 353 g/mol. The molecule has 0 amide bonds. The molecule has 2 aromatic heterocycles. The summed E-state index contributed by atoms with van der Waals surface area (Å²) in [6.07, 6.45) is 3.85. The van der Waals surface area contributed by atoms with Crippen molar-refractivity contribution in [2.24, 2.45) is 7.05 Å². The van der Waals surface area contributed by atoms with Crippen molar-refractivity contribution < 1.29 is 9.30 Å². The Labute approximate surface area is 125 Å². The summed E-state index contributed by atoms with van der Waals surface area (Å²) in [5.74, 6) is 0. The Bertz CT molecular complexity index is 504. The van der Waals surface area contributed by atoms with Crippen molar-refractivity contribution in [1.29, 1.82) is 0 Å². The maximum Gasteiger partial charge on any atom is 0.322 e. The zero-order valence-electron chi connectivity index (χ0n) is 9.38. The van der Waals surface area contributed by atoms with Gasteiger partial charge in [0.2, 0.25) is 10.6 Å². The maximum atomic E-state index is 5.62. The van der Waals surface area contributed by atoms with Gasteiger partial charge in [-0.3, -0.25) is 0 Å². The van der Waals surface area contributed by atoms with Gasteiger partial charge >= 0.3 is 6.01 Å². The van der Waals surface area contributed by atoms with E-state index in [1.165, 1.54) is 0 Å². The average Bonchev–Trinajstić information content (AvgIpc) is 2.27.